The van der Waals surface area contributed by atoms with E-state index < -0.39 is 0 Å². The Kier molecular flexibility index (Phi) is 6.20. The summed E-state index contributed by atoms with van der Waals surface area (Å²) in [6, 6.07) is 9.54. The summed E-state index contributed by atoms with van der Waals surface area (Å²) in [5.41, 5.74) is 0.992. The molecule has 0 spiro atoms. The van der Waals surface area contributed by atoms with Crippen LogP contribution in [0.5, 0.6) is 0 Å². The predicted octanol–water partition coefficient (Wildman–Crippen LogP) is 1.80. The number of likely N-dealkylation sites (N-methyl/N-ethyl adjacent to an activating group) is 1. The second-order valence-corrected chi connectivity index (χ2v) is 4.43. The average Bonchev–Trinajstić information content (AvgIpc) is 2.32. The Morgan fingerprint density at radius 2 is 2.22 bits per heavy atom. The maximum absolute atomic E-state index is 11.5. The van der Waals surface area contributed by atoms with Crippen LogP contribution in [0.25, 0.3) is 0 Å². The van der Waals surface area contributed by atoms with Crippen molar-refractivity contribution in [1.82, 2.24) is 10.2 Å². The second-order valence-electron chi connectivity index (χ2n) is 4.02. The van der Waals surface area contributed by atoms with Crippen molar-refractivity contribution >= 4 is 17.5 Å². The molecular weight excluding hydrogens is 250 g/mol. The predicted molar refractivity (Wildman–Crippen MR) is 71.0 cm³/mol. The van der Waals surface area contributed by atoms with Gasteiger partial charge >= 0.3 is 0 Å². The van der Waals surface area contributed by atoms with Crippen molar-refractivity contribution in [2.45, 2.75) is 13.0 Å². The number of benzene rings is 1. The van der Waals surface area contributed by atoms with Gasteiger partial charge in [0.05, 0.1) is 19.0 Å². The van der Waals surface area contributed by atoms with Gasteiger partial charge in [-0.05, 0) is 18.7 Å². The lowest BCUT2D eigenvalue weighted by atomic mass is 10.2. The molecule has 0 atom stereocenters. The highest BCUT2D eigenvalue weighted by Crippen LogP contribution is 2.16. The summed E-state index contributed by atoms with van der Waals surface area (Å²) in [4.78, 5) is 13.4. The van der Waals surface area contributed by atoms with Crippen molar-refractivity contribution in [2.24, 2.45) is 0 Å². The maximum Gasteiger partial charge on any atom is 0.234 e. The number of halogens is 1. The molecule has 0 saturated heterocycles. The minimum Gasteiger partial charge on any atom is -0.354 e. The van der Waals surface area contributed by atoms with Gasteiger partial charge in [0.15, 0.2) is 0 Å². The Labute approximate surface area is 112 Å². The van der Waals surface area contributed by atoms with E-state index in [-0.39, 0.29) is 12.5 Å². The summed E-state index contributed by atoms with van der Waals surface area (Å²) in [5.74, 6) is -0.0835. The van der Waals surface area contributed by atoms with Crippen molar-refractivity contribution in [3.05, 3.63) is 34.9 Å². The van der Waals surface area contributed by atoms with Crippen LogP contribution in [-0.2, 0) is 11.3 Å². The maximum atomic E-state index is 11.5. The van der Waals surface area contributed by atoms with Crippen molar-refractivity contribution in [3.63, 3.8) is 0 Å². The molecule has 0 radical (unpaired) electrons. The van der Waals surface area contributed by atoms with Crippen molar-refractivity contribution < 1.29 is 4.79 Å². The lowest BCUT2D eigenvalue weighted by Crippen LogP contribution is -2.35. The fraction of sp³-hybridized carbons (Fsp3) is 0.385. The molecule has 0 aliphatic heterocycles. The molecule has 1 aromatic rings. The fourth-order valence-electron chi connectivity index (χ4n) is 1.53. The number of amides is 1. The van der Waals surface area contributed by atoms with Gasteiger partial charge in [0.1, 0.15) is 0 Å². The summed E-state index contributed by atoms with van der Waals surface area (Å²) in [7, 11) is 1.85. The van der Waals surface area contributed by atoms with Crippen molar-refractivity contribution in [1.29, 1.82) is 5.26 Å². The molecule has 0 aromatic heterocycles. The van der Waals surface area contributed by atoms with Crippen LogP contribution in [0.1, 0.15) is 12.0 Å². The lowest BCUT2D eigenvalue weighted by molar-refractivity contribution is -0.122. The van der Waals surface area contributed by atoms with Gasteiger partial charge in [-0.2, -0.15) is 5.26 Å². The number of hydrogen-bond donors (Lipinski definition) is 1. The van der Waals surface area contributed by atoms with Crippen LogP contribution in [0.3, 0.4) is 0 Å². The molecule has 0 fully saturated rings. The van der Waals surface area contributed by atoms with Crippen LogP contribution in [0.2, 0.25) is 5.02 Å². The number of nitrogens with zero attached hydrogens (tertiary/aromatic N) is 2. The van der Waals surface area contributed by atoms with Crippen LogP contribution in [0.4, 0.5) is 0 Å². The Morgan fingerprint density at radius 3 is 2.89 bits per heavy atom. The molecule has 0 aliphatic rings. The lowest BCUT2D eigenvalue weighted by Gasteiger charge is -2.16. The first-order valence-electron chi connectivity index (χ1n) is 5.69. The van der Waals surface area contributed by atoms with E-state index in [4.69, 9.17) is 16.9 Å². The van der Waals surface area contributed by atoms with E-state index in [2.05, 4.69) is 5.32 Å². The highest BCUT2D eigenvalue weighted by molar-refractivity contribution is 6.31. The number of carbonyl (C=O) groups is 1. The van der Waals surface area contributed by atoms with E-state index >= 15 is 0 Å². The number of nitrogens with one attached hydrogen (secondary N) is 1. The van der Waals surface area contributed by atoms with Gasteiger partial charge in [-0.15, -0.1) is 0 Å². The molecule has 96 valence electrons. The Morgan fingerprint density at radius 1 is 1.50 bits per heavy atom. The van der Waals surface area contributed by atoms with Gasteiger partial charge in [0.2, 0.25) is 5.91 Å². The van der Waals surface area contributed by atoms with Crippen molar-refractivity contribution in [3.8, 4) is 6.07 Å². The number of rotatable bonds is 6. The molecule has 0 bridgehead atoms. The summed E-state index contributed by atoms with van der Waals surface area (Å²) < 4.78 is 0. The molecule has 1 rings (SSSR count). The average molecular weight is 266 g/mol. The Bertz CT molecular complexity index is 442. The molecule has 0 aliphatic carbocycles. The molecule has 5 heteroatoms. The summed E-state index contributed by atoms with van der Waals surface area (Å²) in [6.45, 7) is 1.30. The molecule has 4 nitrogen and oxygen atoms in total. The zero-order valence-corrected chi connectivity index (χ0v) is 11.1. The normalized spacial score (nSPS) is 10.1. The van der Waals surface area contributed by atoms with Gasteiger partial charge in [0.25, 0.3) is 0 Å². The second kappa shape index (κ2) is 7.70. The largest absolute Gasteiger partial charge is 0.354 e. The van der Waals surface area contributed by atoms with Crippen LogP contribution >= 0.6 is 11.6 Å². The van der Waals surface area contributed by atoms with E-state index in [1.807, 2.05) is 42.3 Å². The van der Waals surface area contributed by atoms with Gasteiger partial charge in [-0.3, -0.25) is 9.69 Å². The molecule has 1 N–H and O–H groups in total. The quantitative estimate of drug-likeness (QED) is 0.798. The molecular formula is C13H16ClN3O. The van der Waals surface area contributed by atoms with E-state index in [0.717, 1.165) is 5.56 Å². The molecule has 0 heterocycles. The first-order valence-corrected chi connectivity index (χ1v) is 6.07. The summed E-state index contributed by atoms with van der Waals surface area (Å²) >= 11 is 6.04. The number of hydrogen-bond acceptors (Lipinski definition) is 3. The van der Waals surface area contributed by atoms with Gasteiger partial charge in [-0.25, -0.2) is 0 Å². The third-order valence-electron chi connectivity index (χ3n) is 2.37. The van der Waals surface area contributed by atoms with Gasteiger partial charge in [0, 0.05) is 18.1 Å². The Hall–Kier alpha value is -1.57. The topological polar surface area (TPSA) is 56.1 Å². The minimum absolute atomic E-state index is 0.0835. The van der Waals surface area contributed by atoms with E-state index in [9.17, 15) is 4.79 Å². The first kappa shape index (κ1) is 14.5. The zero-order valence-electron chi connectivity index (χ0n) is 10.3. The summed E-state index contributed by atoms with van der Waals surface area (Å²) in [5, 5.41) is 11.7. The summed E-state index contributed by atoms with van der Waals surface area (Å²) in [6.07, 6.45) is 0.333. The fourth-order valence-corrected chi connectivity index (χ4v) is 1.73. The third-order valence-corrected chi connectivity index (χ3v) is 2.74. The third kappa shape index (κ3) is 5.17. The monoisotopic (exact) mass is 265 g/mol. The molecule has 0 saturated carbocycles. The molecule has 0 unspecified atom stereocenters. The zero-order chi connectivity index (χ0) is 13.4. The molecule has 1 aromatic carbocycles. The smallest absolute Gasteiger partial charge is 0.234 e. The first-order chi connectivity index (χ1) is 8.63. The van der Waals surface area contributed by atoms with Crippen LogP contribution in [-0.4, -0.2) is 30.9 Å². The minimum atomic E-state index is -0.0835. The molecule has 18 heavy (non-hydrogen) atoms. The van der Waals surface area contributed by atoms with E-state index in [0.29, 0.717) is 24.5 Å². The molecule has 1 amide bonds. The Balaban J connectivity index is 2.38. The SMILES string of the molecule is CN(CC(=O)NCCC#N)Cc1ccccc1Cl. The highest BCUT2D eigenvalue weighted by atomic mass is 35.5. The number of carbonyl (C=O) groups excluding carboxylic acids is 1. The van der Waals surface area contributed by atoms with Crippen LogP contribution in [0, 0.1) is 11.3 Å². The van der Waals surface area contributed by atoms with E-state index in [1.54, 1.807) is 0 Å². The highest BCUT2D eigenvalue weighted by Gasteiger charge is 2.08. The van der Waals surface area contributed by atoms with Crippen molar-refractivity contribution in [2.75, 3.05) is 20.1 Å². The van der Waals surface area contributed by atoms with Gasteiger partial charge < -0.3 is 5.32 Å². The van der Waals surface area contributed by atoms with Crippen LogP contribution < -0.4 is 5.32 Å². The van der Waals surface area contributed by atoms with Crippen LogP contribution in [0.15, 0.2) is 24.3 Å². The van der Waals surface area contributed by atoms with Gasteiger partial charge in [-0.1, -0.05) is 29.8 Å². The standard InChI is InChI=1S/C13H16ClN3O/c1-17(10-13(18)16-8-4-7-15)9-11-5-2-3-6-12(11)14/h2-3,5-6H,4,8-10H2,1H3,(H,16,18). The van der Waals surface area contributed by atoms with E-state index in [1.165, 1.54) is 0 Å². The number of nitriles is 1.